The highest BCUT2D eigenvalue weighted by Gasteiger charge is 2.33. The van der Waals surface area contributed by atoms with Crippen molar-refractivity contribution in [3.05, 3.63) is 83.2 Å². The number of carbonyl (C=O) groups is 3. The first kappa shape index (κ1) is 23.9. The first-order valence-corrected chi connectivity index (χ1v) is 11.3. The number of ether oxygens (including phenoxy) is 2. The van der Waals surface area contributed by atoms with E-state index >= 15 is 0 Å². The zero-order valence-corrected chi connectivity index (χ0v) is 19.9. The molecule has 0 radical (unpaired) electrons. The number of hydrogen-bond acceptors (Lipinski definition) is 6. The highest BCUT2D eigenvalue weighted by Crippen LogP contribution is 2.34. The van der Waals surface area contributed by atoms with E-state index in [0.717, 1.165) is 16.7 Å². The van der Waals surface area contributed by atoms with Gasteiger partial charge in [0.05, 0.1) is 5.69 Å². The van der Waals surface area contributed by atoms with Gasteiger partial charge >= 0.3 is 0 Å². The Bertz CT molecular complexity index is 1260. The molecular weight excluding hydrogens is 446 g/mol. The number of pyridine rings is 1. The standard InChI is InChI=1S/C27H27N3O5/c1-17-6-8-24(18(2)11-17)34-15-23(31)21-7-9-25-22(12-21)30(26(32)16-35-25)19(3)27(33)29-14-20-5-4-10-28-13-20/h4-13,19H,14-16H2,1-3H3,(H,29,33). The van der Waals surface area contributed by atoms with Crippen molar-refractivity contribution in [1.29, 1.82) is 0 Å². The van der Waals surface area contributed by atoms with E-state index in [2.05, 4.69) is 10.3 Å². The SMILES string of the molecule is Cc1ccc(OCC(=O)c2ccc3c(c2)N(C(C)C(=O)NCc2cccnc2)C(=O)CO3)c(C)c1. The van der Waals surface area contributed by atoms with Gasteiger partial charge in [-0.05, 0) is 62.2 Å². The molecule has 0 aliphatic carbocycles. The third-order valence-corrected chi connectivity index (χ3v) is 5.81. The third-order valence-electron chi connectivity index (χ3n) is 5.81. The summed E-state index contributed by atoms with van der Waals surface area (Å²) < 4.78 is 11.3. The first-order valence-electron chi connectivity index (χ1n) is 11.3. The maximum absolute atomic E-state index is 12.9. The van der Waals surface area contributed by atoms with E-state index < -0.39 is 6.04 Å². The van der Waals surface area contributed by atoms with Gasteiger partial charge in [0.2, 0.25) is 5.91 Å². The summed E-state index contributed by atoms with van der Waals surface area (Å²) in [6.45, 7) is 5.51. The second kappa shape index (κ2) is 10.4. The van der Waals surface area contributed by atoms with E-state index in [1.165, 1.54) is 4.90 Å². The molecule has 1 unspecified atom stereocenters. The van der Waals surface area contributed by atoms with Crippen LogP contribution in [0, 0.1) is 13.8 Å². The molecule has 8 heteroatoms. The minimum atomic E-state index is -0.807. The van der Waals surface area contributed by atoms with Crippen molar-refractivity contribution in [2.24, 2.45) is 0 Å². The van der Waals surface area contributed by atoms with E-state index in [-0.39, 0.29) is 37.4 Å². The minimum absolute atomic E-state index is 0.154. The minimum Gasteiger partial charge on any atom is -0.485 e. The number of nitrogens with one attached hydrogen (secondary N) is 1. The van der Waals surface area contributed by atoms with Crippen LogP contribution < -0.4 is 19.7 Å². The molecule has 3 aromatic rings. The topological polar surface area (TPSA) is 97.8 Å². The van der Waals surface area contributed by atoms with Crippen molar-refractivity contribution in [3.8, 4) is 11.5 Å². The van der Waals surface area contributed by atoms with Crippen LogP contribution in [-0.2, 0) is 16.1 Å². The largest absolute Gasteiger partial charge is 0.485 e. The molecule has 1 aromatic heterocycles. The molecule has 0 spiro atoms. The maximum atomic E-state index is 12.9. The average Bonchev–Trinajstić information content (AvgIpc) is 2.86. The van der Waals surface area contributed by atoms with Gasteiger partial charge in [-0.2, -0.15) is 0 Å². The number of nitrogens with zero attached hydrogens (tertiary/aromatic N) is 2. The summed E-state index contributed by atoms with van der Waals surface area (Å²) in [5, 5.41) is 2.83. The van der Waals surface area contributed by atoms with Crippen molar-refractivity contribution in [1.82, 2.24) is 10.3 Å². The molecule has 2 heterocycles. The van der Waals surface area contributed by atoms with Gasteiger partial charge in [-0.15, -0.1) is 0 Å². The summed E-state index contributed by atoms with van der Waals surface area (Å²) in [4.78, 5) is 43.9. The van der Waals surface area contributed by atoms with E-state index in [1.807, 2.05) is 38.1 Å². The molecular formula is C27H27N3O5. The molecule has 1 aliphatic rings. The van der Waals surface area contributed by atoms with Gasteiger partial charge in [0.25, 0.3) is 5.91 Å². The van der Waals surface area contributed by atoms with E-state index in [9.17, 15) is 14.4 Å². The lowest BCUT2D eigenvalue weighted by atomic mass is 10.1. The fourth-order valence-corrected chi connectivity index (χ4v) is 3.91. The molecule has 0 saturated heterocycles. The number of benzene rings is 2. The molecule has 1 N–H and O–H groups in total. The van der Waals surface area contributed by atoms with Crippen LogP contribution >= 0.6 is 0 Å². The molecule has 4 rings (SSSR count). The second-order valence-corrected chi connectivity index (χ2v) is 8.47. The lowest BCUT2D eigenvalue weighted by molar-refractivity contribution is -0.127. The van der Waals surface area contributed by atoms with Gasteiger partial charge in [0.1, 0.15) is 17.5 Å². The number of hydrogen-bond donors (Lipinski definition) is 1. The Morgan fingerprint density at radius 3 is 2.74 bits per heavy atom. The Morgan fingerprint density at radius 2 is 2.00 bits per heavy atom. The summed E-state index contributed by atoms with van der Waals surface area (Å²) in [5.41, 5.74) is 3.64. The number of aromatic nitrogens is 1. The second-order valence-electron chi connectivity index (χ2n) is 8.47. The fraction of sp³-hybridized carbons (Fsp3) is 0.259. The van der Waals surface area contributed by atoms with Crippen LogP contribution in [0.3, 0.4) is 0 Å². The number of rotatable bonds is 8. The molecule has 0 bridgehead atoms. The van der Waals surface area contributed by atoms with Crippen molar-refractivity contribution >= 4 is 23.3 Å². The fourth-order valence-electron chi connectivity index (χ4n) is 3.91. The zero-order chi connectivity index (χ0) is 24.9. The quantitative estimate of drug-likeness (QED) is 0.504. The number of ketones is 1. The van der Waals surface area contributed by atoms with Crippen LogP contribution in [0.15, 0.2) is 60.9 Å². The van der Waals surface area contributed by atoms with Crippen molar-refractivity contribution < 1.29 is 23.9 Å². The van der Waals surface area contributed by atoms with Crippen LogP contribution in [0.1, 0.15) is 34.0 Å². The molecule has 1 atom stereocenters. The molecule has 35 heavy (non-hydrogen) atoms. The van der Waals surface area contributed by atoms with Gasteiger partial charge in [0, 0.05) is 24.5 Å². The summed E-state index contributed by atoms with van der Waals surface area (Å²) in [6, 6.07) is 13.4. The van der Waals surface area contributed by atoms with Crippen LogP contribution in [-0.4, -0.2) is 41.8 Å². The monoisotopic (exact) mass is 473 g/mol. The lowest BCUT2D eigenvalue weighted by Gasteiger charge is -2.33. The third kappa shape index (κ3) is 5.48. The smallest absolute Gasteiger partial charge is 0.265 e. The number of aryl methyl sites for hydroxylation is 2. The number of anilines is 1. The van der Waals surface area contributed by atoms with Crippen molar-refractivity contribution in [2.45, 2.75) is 33.4 Å². The molecule has 8 nitrogen and oxygen atoms in total. The normalized spacial score (nSPS) is 13.5. The highest BCUT2D eigenvalue weighted by molar-refractivity contribution is 6.05. The summed E-state index contributed by atoms with van der Waals surface area (Å²) in [5.74, 6) is 0.131. The Kier molecular flexibility index (Phi) is 7.10. The highest BCUT2D eigenvalue weighted by atomic mass is 16.5. The number of fused-ring (bicyclic) bond motifs is 1. The van der Waals surface area contributed by atoms with Gasteiger partial charge < -0.3 is 14.8 Å². The predicted molar refractivity (Wildman–Crippen MR) is 131 cm³/mol. The Labute approximate surface area is 203 Å². The van der Waals surface area contributed by atoms with Gasteiger partial charge in [-0.25, -0.2) is 0 Å². The Morgan fingerprint density at radius 1 is 1.17 bits per heavy atom. The van der Waals surface area contributed by atoms with Gasteiger partial charge in [-0.3, -0.25) is 24.3 Å². The summed E-state index contributed by atoms with van der Waals surface area (Å²) in [7, 11) is 0. The van der Waals surface area contributed by atoms with Crippen LogP contribution in [0.5, 0.6) is 11.5 Å². The van der Waals surface area contributed by atoms with Gasteiger partial charge in [0.15, 0.2) is 19.0 Å². The Hall–Kier alpha value is -4.20. The van der Waals surface area contributed by atoms with Crippen LogP contribution in [0.2, 0.25) is 0 Å². The van der Waals surface area contributed by atoms with Crippen molar-refractivity contribution in [2.75, 3.05) is 18.1 Å². The van der Waals surface area contributed by atoms with Crippen LogP contribution in [0.4, 0.5) is 5.69 Å². The van der Waals surface area contributed by atoms with Gasteiger partial charge in [-0.1, -0.05) is 23.8 Å². The van der Waals surface area contributed by atoms with Crippen molar-refractivity contribution in [3.63, 3.8) is 0 Å². The van der Waals surface area contributed by atoms with E-state index in [4.69, 9.17) is 9.47 Å². The zero-order valence-electron chi connectivity index (χ0n) is 19.9. The number of carbonyl (C=O) groups excluding carboxylic acids is 3. The Balaban J connectivity index is 1.49. The molecule has 1 aliphatic heterocycles. The molecule has 2 aromatic carbocycles. The maximum Gasteiger partial charge on any atom is 0.265 e. The number of Topliss-reactive ketones (excluding diaryl/α,β-unsaturated/α-hetero) is 1. The number of amides is 2. The van der Waals surface area contributed by atoms with E-state index in [0.29, 0.717) is 22.7 Å². The lowest BCUT2D eigenvalue weighted by Crippen LogP contribution is -2.51. The predicted octanol–water partition coefficient (Wildman–Crippen LogP) is 3.39. The average molecular weight is 474 g/mol. The first-order chi connectivity index (χ1) is 16.8. The molecule has 180 valence electrons. The van der Waals surface area contributed by atoms with Crippen LogP contribution in [0.25, 0.3) is 0 Å². The van der Waals surface area contributed by atoms with E-state index in [1.54, 1.807) is 43.6 Å². The molecule has 0 fully saturated rings. The summed E-state index contributed by atoms with van der Waals surface area (Å²) >= 11 is 0. The molecule has 2 amide bonds. The summed E-state index contributed by atoms with van der Waals surface area (Å²) in [6.07, 6.45) is 3.32. The molecule has 0 saturated carbocycles.